The Morgan fingerprint density at radius 1 is 1.14 bits per heavy atom. The highest BCUT2D eigenvalue weighted by molar-refractivity contribution is 6.31. The summed E-state index contributed by atoms with van der Waals surface area (Å²) in [5, 5.41) is 1.19. The van der Waals surface area contributed by atoms with Crippen molar-refractivity contribution in [2.24, 2.45) is 0 Å². The number of nitrogens with one attached hydrogen (secondary N) is 1. The van der Waals surface area contributed by atoms with Crippen LogP contribution >= 0.6 is 11.6 Å². The zero-order valence-electron chi connectivity index (χ0n) is 11.1. The van der Waals surface area contributed by atoms with Gasteiger partial charge < -0.3 is 9.40 Å². The van der Waals surface area contributed by atoms with Gasteiger partial charge in [-0.15, -0.1) is 0 Å². The van der Waals surface area contributed by atoms with E-state index >= 15 is 0 Å². The fourth-order valence-corrected chi connectivity index (χ4v) is 2.53. The summed E-state index contributed by atoms with van der Waals surface area (Å²) < 4.78 is 18.3. The largest absolute Gasteiger partial charge is 0.422 e. The van der Waals surface area contributed by atoms with E-state index in [0.29, 0.717) is 21.7 Å². The van der Waals surface area contributed by atoms with Crippen molar-refractivity contribution in [3.05, 3.63) is 63.7 Å². The number of fused-ring (bicyclic) bond motifs is 2. The molecule has 0 aliphatic heterocycles. The summed E-state index contributed by atoms with van der Waals surface area (Å²) in [7, 11) is 0. The van der Waals surface area contributed by atoms with Crippen LogP contribution < -0.4 is 5.63 Å². The van der Waals surface area contributed by atoms with Crippen LogP contribution in [0.15, 0.2) is 51.7 Å². The first kappa shape index (κ1) is 13.0. The molecule has 0 aliphatic carbocycles. The third-order valence-electron chi connectivity index (χ3n) is 3.40. The van der Waals surface area contributed by atoms with Crippen LogP contribution in [0.4, 0.5) is 4.39 Å². The number of hydrogen-bond acceptors (Lipinski definition) is 3. The molecule has 22 heavy (non-hydrogen) atoms. The highest BCUT2D eigenvalue weighted by Gasteiger charge is 2.12. The Kier molecular flexibility index (Phi) is 2.77. The smallest absolute Gasteiger partial charge is 0.347 e. The highest BCUT2D eigenvalue weighted by atomic mass is 35.5. The maximum atomic E-state index is 13.2. The van der Waals surface area contributed by atoms with E-state index in [0.717, 1.165) is 5.52 Å². The summed E-state index contributed by atoms with van der Waals surface area (Å²) in [5.41, 5.74) is 1.32. The van der Waals surface area contributed by atoms with Crippen molar-refractivity contribution < 1.29 is 8.81 Å². The van der Waals surface area contributed by atoms with Crippen LogP contribution in [0.3, 0.4) is 0 Å². The normalized spacial score (nSPS) is 11.4. The quantitative estimate of drug-likeness (QED) is 0.537. The minimum atomic E-state index is -0.580. The van der Waals surface area contributed by atoms with Gasteiger partial charge in [0.25, 0.3) is 0 Å². The molecule has 6 heteroatoms. The molecule has 0 atom stereocenters. The lowest BCUT2D eigenvalue weighted by atomic mass is 10.2. The van der Waals surface area contributed by atoms with Gasteiger partial charge in [-0.2, -0.15) is 0 Å². The van der Waals surface area contributed by atoms with Gasteiger partial charge in [-0.05, 0) is 36.4 Å². The fraction of sp³-hybridized carbons (Fsp3) is 0. The van der Waals surface area contributed by atoms with E-state index in [9.17, 15) is 9.18 Å². The van der Waals surface area contributed by atoms with Gasteiger partial charge in [-0.25, -0.2) is 14.2 Å². The summed E-state index contributed by atoms with van der Waals surface area (Å²) in [6.45, 7) is 0. The summed E-state index contributed by atoms with van der Waals surface area (Å²) >= 11 is 5.93. The van der Waals surface area contributed by atoms with Gasteiger partial charge in [0.1, 0.15) is 22.8 Å². The number of imidazole rings is 1. The third-order valence-corrected chi connectivity index (χ3v) is 3.63. The Balaban J connectivity index is 1.97. The van der Waals surface area contributed by atoms with Crippen LogP contribution in [0, 0.1) is 5.82 Å². The third kappa shape index (κ3) is 2.07. The molecular formula is C16H8ClFN2O2. The SMILES string of the molecule is O=c1oc2cc(F)ccc2cc1-c1nc2ccc(Cl)cc2[nH]1. The van der Waals surface area contributed by atoms with Gasteiger partial charge in [0.15, 0.2) is 0 Å². The number of aromatic amines is 1. The van der Waals surface area contributed by atoms with E-state index in [1.54, 1.807) is 30.3 Å². The second kappa shape index (κ2) is 4.68. The molecule has 0 saturated carbocycles. The Labute approximate surface area is 128 Å². The molecule has 0 bridgehead atoms. The van der Waals surface area contributed by atoms with Gasteiger partial charge in [0.05, 0.1) is 11.0 Å². The number of nitrogens with zero attached hydrogens (tertiary/aromatic N) is 1. The Morgan fingerprint density at radius 3 is 2.86 bits per heavy atom. The first-order valence-electron chi connectivity index (χ1n) is 6.49. The molecule has 2 aromatic carbocycles. The topological polar surface area (TPSA) is 58.9 Å². The predicted molar refractivity (Wildman–Crippen MR) is 82.5 cm³/mol. The monoisotopic (exact) mass is 314 g/mol. The predicted octanol–water partition coefficient (Wildman–Crippen LogP) is 4.13. The molecule has 0 saturated heterocycles. The molecule has 0 spiro atoms. The molecule has 0 aliphatic rings. The number of hydrogen-bond donors (Lipinski definition) is 1. The number of halogens is 2. The van der Waals surface area contributed by atoms with Gasteiger partial charge in [-0.1, -0.05) is 11.6 Å². The van der Waals surface area contributed by atoms with Crippen molar-refractivity contribution in [1.82, 2.24) is 9.97 Å². The lowest BCUT2D eigenvalue weighted by Gasteiger charge is -1.99. The second-order valence-corrected chi connectivity index (χ2v) is 5.31. The van der Waals surface area contributed by atoms with E-state index in [4.69, 9.17) is 16.0 Å². The van der Waals surface area contributed by atoms with E-state index in [1.165, 1.54) is 12.1 Å². The minimum Gasteiger partial charge on any atom is -0.422 e. The first-order chi connectivity index (χ1) is 10.6. The van der Waals surface area contributed by atoms with E-state index in [1.807, 2.05) is 0 Å². The minimum absolute atomic E-state index is 0.202. The molecule has 4 nitrogen and oxygen atoms in total. The van der Waals surface area contributed by atoms with Crippen LogP contribution in [0.5, 0.6) is 0 Å². The molecule has 0 fully saturated rings. The fourth-order valence-electron chi connectivity index (χ4n) is 2.36. The van der Waals surface area contributed by atoms with Crippen molar-refractivity contribution in [1.29, 1.82) is 0 Å². The molecule has 108 valence electrons. The number of H-pyrrole nitrogens is 1. The number of rotatable bonds is 1. The molecule has 0 radical (unpaired) electrons. The Hall–Kier alpha value is -2.66. The van der Waals surface area contributed by atoms with Crippen molar-refractivity contribution in [2.75, 3.05) is 0 Å². The molecule has 4 aromatic rings. The summed E-state index contributed by atoms with van der Waals surface area (Å²) in [5.74, 6) is -0.0704. The average Bonchev–Trinajstić information content (AvgIpc) is 2.89. The van der Waals surface area contributed by atoms with Crippen molar-refractivity contribution in [3.63, 3.8) is 0 Å². The molecule has 4 rings (SSSR count). The number of aromatic nitrogens is 2. The maximum Gasteiger partial charge on any atom is 0.347 e. The first-order valence-corrected chi connectivity index (χ1v) is 6.87. The van der Waals surface area contributed by atoms with Crippen LogP contribution in [-0.2, 0) is 0 Å². The zero-order chi connectivity index (χ0) is 15.3. The molecule has 2 heterocycles. The van der Waals surface area contributed by atoms with Crippen molar-refractivity contribution in [2.45, 2.75) is 0 Å². The van der Waals surface area contributed by atoms with Crippen LogP contribution in [-0.4, -0.2) is 9.97 Å². The van der Waals surface area contributed by atoms with Gasteiger partial charge in [0.2, 0.25) is 0 Å². The lowest BCUT2D eigenvalue weighted by molar-refractivity contribution is 0.556. The summed E-state index contributed by atoms with van der Waals surface area (Å²) in [4.78, 5) is 19.5. The number of benzene rings is 2. The highest BCUT2D eigenvalue weighted by Crippen LogP contribution is 2.23. The van der Waals surface area contributed by atoms with E-state index in [2.05, 4.69) is 9.97 Å². The average molecular weight is 315 g/mol. The second-order valence-electron chi connectivity index (χ2n) is 4.88. The van der Waals surface area contributed by atoms with Crippen LogP contribution in [0.2, 0.25) is 5.02 Å². The van der Waals surface area contributed by atoms with E-state index < -0.39 is 11.4 Å². The van der Waals surface area contributed by atoms with Crippen molar-refractivity contribution in [3.8, 4) is 11.4 Å². The maximum absolute atomic E-state index is 13.2. The standard InChI is InChI=1S/C16H8ClFN2O2/c17-9-2-4-12-13(6-9)20-15(19-12)11-5-8-1-3-10(18)7-14(8)22-16(11)21/h1-7H,(H,19,20). The van der Waals surface area contributed by atoms with Crippen molar-refractivity contribution >= 4 is 33.6 Å². The molecule has 1 N–H and O–H groups in total. The summed E-state index contributed by atoms with van der Waals surface area (Å²) in [6, 6.07) is 10.9. The Morgan fingerprint density at radius 2 is 2.00 bits per heavy atom. The van der Waals surface area contributed by atoms with Crippen LogP contribution in [0.25, 0.3) is 33.4 Å². The molecule has 2 aromatic heterocycles. The summed E-state index contributed by atoms with van der Waals surface area (Å²) in [6.07, 6.45) is 0. The van der Waals surface area contributed by atoms with Crippen LogP contribution in [0.1, 0.15) is 0 Å². The van der Waals surface area contributed by atoms with Gasteiger partial charge >= 0.3 is 5.63 Å². The van der Waals surface area contributed by atoms with E-state index in [-0.39, 0.29) is 11.1 Å². The lowest BCUT2D eigenvalue weighted by Crippen LogP contribution is -2.03. The zero-order valence-corrected chi connectivity index (χ0v) is 11.8. The van der Waals surface area contributed by atoms with Gasteiger partial charge in [0, 0.05) is 16.5 Å². The molecular weight excluding hydrogens is 307 g/mol. The van der Waals surface area contributed by atoms with Gasteiger partial charge in [-0.3, -0.25) is 0 Å². The molecule has 0 amide bonds. The molecule has 0 unspecified atom stereocenters. The Bertz CT molecular complexity index is 1080.